The summed E-state index contributed by atoms with van der Waals surface area (Å²) in [5.41, 5.74) is 2.08. The van der Waals surface area contributed by atoms with E-state index in [1.807, 2.05) is 30.3 Å². The second-order valence-corrected chi connectivity index (χ2v) is 6.73. The number of carbonyl (C=O) groups is 1. The van der Waals surface area contributed by atoms with Crippen LogP contribution in [0.2, 0.25) is 0 Å². The minimum atomic E-state index is -0.154. The third-order valence-electron chi connectivity index (χ3n) is 5.13. The SMILES string of the molecule is N=C1CC[C@@H](c2ccccc2)N1C(=O)NC1CC(c2cnccn2)C1. The summed E-state index contributed by atoms with van der Waals surface area (Å²) in [5.74, 6) is 0.762. The quantitative estimate of drug-likeness (QED) is 0.903. The number of carbonyl (C=O) groups excluding carboxylic acids is 1. The molecule has 4 rings (SSSR count). The molecule has 2 fully saturated rings. The third-order valence-corrected chi connectivity index (χ3v) is 5.13. The lowest BCUT2D eigenvalue weighted by Crippen LogP contribution is -2.50. The van der Waals surface area contributed by atoms with Crippen LogP contribution >= 0.6 is 0 Å². The fraction of sp³-hybridized carbons (Fsp3) is 0.368. The van der Waals surface area contributed by atoms with Crippen molar-refractivity contribution >= 4 is 11.9 Å². The van der Waals surface area contributed by atoms with E-state index in [0.29, 0.717) is 18.2 Å². The fourth-order valence-corrected chi connectivity index (χ4v) is 3.71. The van der Waals surface area contributed by atoms with Gasteiger partial charge in [-0.25, -0.2) is 4.79 Å². The number of likely N-dealkylation sites (tertiary alicyclic amines) is 1. The molecule has 0 unspecified atom stereocenters. The molecule has 0 spiro atoms. The standard InChI is InChI=1S/C19H21N5O/c20-18-7-6-17(13-4-2-1-3-5-13)24(18)19(25)23-15-10-14(11-15)16-12-21-8-9-22-16/h1-5,8-9,12,14-15,17,20H,6-7,10-11H2,(H,23,25)/t14?,15?,17-/m0/s1. The molecule has 1 saturated carbocycles. The summed E-state index contributed by atoms with van der Waals surface area (Å²) in [7, 11) is 0. The first kappa shape index (κ1) is 15.7. The van der Waals surface area contributed by atoms with Gasteiger partial charge in [0.25, 0.3) is 0 Å². The summed E-state index contributed by atoms with van der Waals surface area (Å²) in [5, 5.41) is 11.2. The van der Waals surface area contributed by atoms with Crippen molar-refractivity contribution in [1.82, 2.24) is 20.2 Å². The third kappa shape index (κ3) is 3.12. The molecule has 1 atom stereocenters. The maximum atomic E-state index is 12.7. The largest absolute Gasteiger partial charge is 0.335 e. The minimum Gasteiger partial charge on any atom is -0.335 e. The van der Waals surface area contributed by atoms with Crippen molar-refractivity contribution in [3.05, 3.63) is 60.2 Å². The first-order valence-corrected chi connectivity index (χ1v) is 8.70. The Morgan fingerprint density at radius 3 is 2.72 bits per heavy atom. The summed E-state index contributed by atoms with van der Waals surface area (Å²) in [6.45, 7) is 0. The number of rotatable bonds is 3. The molecule has 6 nitrogen and oxygen atoms in total. The van der Waals surface area contributed by atoms with Gasteiger partial charge in [-0.15, -0.1) is 0 Å². The molecule has 0 bridgehead atoms. The highest BCUT2D eigenvalue weighted by Gasteiger charge is 2.38. The highest BCUT2D eigenvalue weighted by atomic mass is 16.2. The Kier molecular flexibility index (Phi) is 4.17. The lowest BCUT2D eigenvalue weighted by Gasteiger charge is -2.37. The van der Waals surface area contributed by atoms with Crippen molar-refractivity contribution in [2.75, 3.05) is 0 Å². The molecule has 1 aromatic heterocycles. The summed E-state index contributed by atoms with van der Waals surface area (Å²) >= 11 is 0. The van der Waals surface area contributed by atoms with Crippen molar-refractivity contribution in [2.24, 2.45) is 0 Å². The Morgan fingerprint density at radius 2 is 2.00 bits per heavy atom. The maximum absolute atomic E-state index is 12.7. The van der Waals surface area contributed by atoms with Gasteiger partial charge in [-0.2, -0.15) is 0 Å². The Bertz CT molecular complexity index is 758. The topological polar surface area (TPSA) is 82.0 Å². The highest BCUT2D eigenvalue weighted by Crippen LogP contribution is 2.37. The van der Waals surface area contributed by atoms with Crippen molar-refractivity contribution in [1.29, 1.82) is 5.41 Å². The van der Waals surface area contributed by atoms with Crippen LogP contribution in [0.15, 0.2) is 48.9 Å². The van der Waals surface area contributed by atoms with Gasteiger partial charge in [-0.05, 0) is 24.8 Å². The number of aromatic nitrogens is 2. The molecule has 2 N–H and O–H groups in total. The van der Waals surface area contributed by atoms with Crippen LogP contribution in [0.25, 0.3) is 0 Å². The van der Waals surface area contributed by atoms with Crippen molar-refractivity contribution < 1.29 is 4.79 Å². The second-order valence-electron chi connectivity index (χ2n) is 6.73. The van der Waals surface area contributed by atoms with Gasteiger partial charge in [0.15, 0.2) is 0 Å². The number of amides is 2. The number of nitrogens with zero attached hydrogens (tertiary/aromatic N) is 3. The van der Waals surface area contributed by atoms with Gasteiger partial charge >= 0.3 is 6.03 Å². The van der Waals surface area contributed by atoms with Gasteiger partial charge in [-0.3, -0.25) is 20.3 Å². The monoisotopic (exact) mass is 335 g/mol. The van der Waals surface area contributed by atoms with Crippen molar-refractivity contribution in [2.45, 2.75) is 43.7 Å². The molecular weight excluding hydrogens is 314 g/mol. The number of amidine groups is 1. The fourth-order valence-electron chi connectivity index (χ4n) is 3.71. The molecule has 2 heterocycles. The minimum absolute atomic E-state index is 0.0374. The van der Waals surface area contributed by atoms with E-state index in [2.05, 4.69) is 15.3 Å². The van der Waals surface area contributed by atoms with E-state index >= 15 is 0 Å². The van der Waals surface area contributed by atoms with Crippen LogP contribution in [-0.4, -0.2) is 32.8 Å². The predicted octanol–water partition coefficient (Wildman–Crippen LogP) is 3.25. The average Bonchev–Trinajstić information content (AvgIpc) is 3.01. The summed E-state index contributed by atoms with van der Waals surface area (Å²) < 4.78 is 0. The molecule has 1 aliphatic heterocycles. The van der Waals surface area contributed by atoms with E-state index < -0.39 is 0 Å². The Balaban J connectivity index is 1.38. The van der Waals surface area contributed by atoms with E-state index in [1.165, 1.54) is 0 Å². The van der Waals surface area contributed by atoms with Crippen molar-refractivity contribution in [3.63, 3.8) is 0 Å². The van der Waals surface area contributed by atoms with Gasteiger partial charge in [0, 0.05) is 37.0 Å². The van der Waals surface area contributed by atoms with Crippen LogP contribution in [0.3, 0.4) is 0 Å². The molecule has 2 amide bonds. The van der Waals surface area contributed by atoms with Gasteiger partial charge < -0.3 is 5.32 Å². The van der Waals surface area contributed by atoms with Crippen LogP contribution in [-0.2, 0) is 0 Å². The van der Waals surface area contributed by atoms with E-state index in [0.717, 1.165) is 30.5 Å². The van der Waals surface area contributed by atoms with Gasteiger partial charge in [0.1, 0.15) is 5.84 Å². The van der Waals surface area contributed by atoms with Crippen LogP contribution in [0.5, 0.6) is 0 Å². The zero-order chi connectivity index (χ0) is 17.2. The lowest BCUT2D eigenvalue weighted by atomic mass is 9.78. The van der Waals surface area contributed by atoms with Crippen LogP contribution in [0, 0.1) is 5.41 Å². The van der Waals surface area contributed by atoms with Gasteiger partial charge in [0.05, 0.1) is 11.7 Å². The van der Waals surface area contributed by atoms with E-state index in [9.17, 15) is 4.79 Å². The molecule has 6 heteroatoms. The first-order chi connectivity index (χ1) is 12.2. The number of hydrogen-bond acceptors (Lipinski definition) is 4. The lowest BCUT2D eigenvalue weighted by molar-refractivity contribution is 0.195. The van der Waals surface area contributed by atoms with Crippen LogP contribution in [0.1, 0.15) is 48.9 Å². The number of hydrogen-bond donors (Lipinski definition) is 2. The summed E-state index contributed by atoms with van der Waals surface area (Å²) in [4.78, 5) is 22.8. The Hall–Kier alpha value is -2.76. The van der Waals surface area contributed by atoms with Gasteiger partial charge in [0.2, 0.25) is 0 Å². The maximum Gasteiger partial charge on any atom is 0.323 e. The molecule has 128 valence electrons. The normalized spacial score (nSPS) is 25.5. The molecule has 25 heavy (non-hydrogen) atoms. The predicted molar refractivity (Wildman–Crippen MR) is 94.3 cm³/mol. The summed E-state index contributed by atoms with van der Waals surface area (Å²) in [6.07, 6.45) is 8.37. The number of nitrogens with one attached hydrogen (secondary N) is 2. The Morgan fingerprint density at radius 1 is 1.20 bits per heavy atom. The molecule has 0 radical (unpaired) electrons. The highest BCUT2D eigenvalue weighted by molar-refractivity contribution is 5.98. The zero-order valence-electron chi connectivity index (χ0n) is 13.9. The molecule has 1 aromatic carbocycles. The second kappa shape index (κ2) is 6.63. The molecule has 1 aliphatic carbocycles. The molecule has 1 saturated heterocycles. The average molecular weight is 335 g/mol. The van der Waals surface area contributed by atoms with E-state index in [1.54, 1.807) is 23.5 Å². The van der Waals surface area contributed by atoms with Crippen LogP contribution in [0.4, 0.5) is 4.79 Å². The van der Waals surface area contributed by atoms with Gasteiger partial charge in [-0.1, -0.05) is 30.3 Å². The van der Waals surface area contributed by atoms with Crippen LogP contribution < -0.4 is 5.32 Å². The van der Waals surface area contributed by atoms with E-state index in [-0.39, 0.29) is 18.1 Å². The first-order valence-electron chi connectivity index (χ1n) is 8.70. The smallest absolute Gasteiger partial charge is 0.323 e. The number of benzene rings is 1. The molecule has 2 aromatic rings. The zero-order valence-corrected chi connectivity index (χ0v) is 13.9. The van der Waals surface area contributed by atoms with E-state index in [4.69, 9.17) is 5.41 Å². The molecule has 2 aliphatic rings. The summed E-state index contributed by atoms with van der Waals surface area (Å²) in [6, 6.07) is 9.92. The molecular formula is C19H21N5O. The number of urea groups is 1. The van der Waals surface area contributed by atoms with Crippen molar-refractivity contribution in [3.8, 4) is 0 Å². The Labute approximate surface area is 146 Å².